The molecule has 0 unspecified atom stereocenters. The van der Waals surface area contributed by atoms with E-state index in [-0.39, 0.29) is 5.75 Å². The average Bonchev–Trinajstić information content (AvgIpc) is 3.31. The molecule has 2 N–H and O–H groups in total. The first-order valence-electron chi connectivity index (χ1n) is 11.9. The van der Waals surface area contributed by atoms with Gasteiger partial charge in [-0.2, -0.15) is 5.10 Å². The van der Waals surface area contributed by atoms with Crippen molar-refractivity contribution in [2.75, 3.05) is 26.2 Å². The van der Waals surface area contributed by atoms with Crippen LogP contribution in [0.15, 0.2) is 65.7 Å². The standard InChI is InChI=1S/C21H23N7O.C3H8.C2H6/c1-3-19(26-25-15(2)27-11-8-22-9-12-27)17-6-5-16(13-20(17)29)18-14-24-28-10-4-7-23-21(18)28;1-3-2;1-2/h3-7,10,13-14,22,29H,1,8-9,11-12H2,2H3;3H2,1-2H3;1-2H3/b25-15+,26-19+;;. The molecule has 0 bridgehead atoms. The first kappa shape index (κ1) is 26.7. The van der Waals surface area contributed by atoms with Gasteiger partial charge in [-0.1, -0.05) is 46.8 Å². The highest BCUT2D eigenvalue weighted by molar-refractivity contribution is 6.10. The van der Waals surface area contributed by atoms with E-state index < -0.39 is 0 Å². The van der Waals surface area contributed by atoms with Crippen molar-refractivity contribution >= 4 is 17.2 Å². The van der Waals surface area contributed by atoms with Gasteiger partial charge >= 0.3 is 0 Å². The van der Waals surface area contributed by atoms with Crippen molar-refractivity contribution in [1.82, 2.24) is 24.8 Å². The van der Waals surface area contributed by atoms with Gasteiger partial charge in [-0.3, -0.25) is 0 Å². The molecule has 3 aromatic rings. The Morgan fingerprint density at radius 1 is 1.21 bits per heavy atom. The van der Waals surface area contributed by atoms with Gasteiger partial charge < -0.3 is 15.3 Å². The molecule has 1 saturated heterocycles. The zero-order valence-electron chi connectivity index (χ0n) is 21.0. The number of nitrogens with zero attached hydrogens (tertiary/aromatic N) is 6. The lowest BCUT2D eigenvalue weighted by atomic mass is 10.0. The van der Waals surface area contributed by atoms with Gasteiger partial charge in [-0.25, -0.2) is 9.50 Å². The van der Waals surface area contributed by atoms with Gasteiger partial charge in [0.25, 0.3) is 0 Å². The smallest absolute Gasteiger partial charge is 0.162 e. The lowest BCUT2D eigenvalue weighted by Crippen LogP contribution is -2.45. The van der Waals surface area contributed by atoms with Gasteiger partial charge in [-0.05, 0) is 36.8 Å². The Labute approximate surface area is 202 Å². The SMILES string of the molecule is C=C/C(=N\N=C(/C)N1CCNCC1)c1ccc(-c2cnn3cccnc23)cc1O.CC.CCC. The molecule has 34 heavy (non-hydrogen) atoms. The summed E-state index contributed by atoms with van der Waals surface area (Å²) in [4.78, 5) is 6.55. The molecule has 1 aliphatic heterocycles. The summed E-state index contributed by atoms with van der Waals surface area (Å²) >= 11 is 0. The monoisotopic (exact) mass is 463 g/mol. The summed E-state index contributed by atoms with van der Waals surface area (Å²) in [5.74, 6) is 0.950. The van der Waals surface area contributed by atoms with E-state index in [0.29, 0.717) is 11.3 Å². The molecule has 0 saturated carbocycles. The number of rotatable bonds is 4. The van der Waals surface area contributed by atoms with E-state index in [1.165, 1.54) is 6.42 Å². The van der Waals surface area contributed by atoms with E-state index in [2.05, 4.69) is 50.9 Å². The number of amidine groups is 1. The Morgan fingerprint density at radius 2 is 1.91 bits per heavy atom. The molecule has 0 radical (unpaired) electrons. The summed E-state index contributed by atoms with van der Waals surface area (Å²) in [5.41, 5.74) is 3.49. The van der Waals surface area contributed by atoms with E-state index in [4.69, 9.17) is 0 Å². The maximum absolute atomic E-state index is 10.6. The predicted octanol–water partition coefficient (Wildman–Crippen LogP) is 4.76. The highest BCUT2D eigenvalue weighted by Crippen LogP contribution is 2.29. The Balaban J connectivity index is 0.000000758. The minimum Gasteiger partial charge on any atom is -0.507 e. The molecular weight excluding hydrogens is 426 g/mol. The molecule has 8 heteroatoms. The second-order valence-electron chi connectivity index (χ2n) is 7.46. The Hall–Kier alpha value is -3.52. The lowest BCUT2D eigenvalue weighted by Gasteiger charge is -2.28. The molecule has 0 aliphatic carbocycles. The van der Waals surface area contributed by atoms with Crippen molar-refractivity contribution in [3.63, 3.8) is 0 Å². The van der Waals surface area contributed by atoms with Crippen molar-refractivity contribution in [2.45, 2.75) is 41.0 Å². The van der Waals surface area contributed by atoms with Crippen LogP contribution in [0.25, 0.3) is 16.8 Å². The quantitative estimate of drug-likeness (QED) is 0.331. The zero-order chi connectivity index (χ0) is 24.9. The van der Waals surface area contributed by atoms with E-state index in [1.54, 1.807) is 29.1 Å². The molecule has 8 nitrogen and oxygen atoms in total. The fourth-order valence-corrected chi connectivity index (χ4v) is 3.33. The number of phenolic OH excluding ortho intramolecular Hbond substituents is 1. The van der Waals surface area contributed by atoms with Crippen LogP contribution in [-0.2, 0) is 0 Å². The number of allylic oxidation sites excluding steroid dienone is 1. The minimum atomic E-state index is 0.103. The van der Waals surface area contributed by atoms with Gasteiger partial charge in [0, 0.05) is 49.7 Å². The van der Waals surface area contributed by atoms with E-state index in [1.807, 2.05) is 45.2 Å². The van der Waals surface area contributed by atoms with Crippen molar-refractivity contribution in [1.29, 1.82) is 0 Å². The van der Waals surface area contributed by atoms with Crippen LogP contribution in [0.5, 0.6) is 5.75 Å². The van der Waals surface area contributed by atoms with E-state index >= 15 is 0 Å². The van der Waals surface area contributed by atoms with Gasteiger partial charge in [-0.15, -0.1) is 10.2 Å². The summed E-state index contributed by atoms with van der Waals surface area (Å²) in [6.45, 7) is 17.7. The van der Waals surface area contributed by atoms with Gasteiger partial charge in [0.15, 0.2) is 5.65 Å². The fourth-order valence-electron chi connectivity index (χ4n) is 3.33. The van der Waals surface area contributed by atoms with Crippen LogP contribution in [0.1, 0.15) is 46.6 Å². The van der Waals surface area contributed by atoms with Gasteiger partial charge in [0.1, 0.15) is 11.6 Å². The number of fused-ring (bicyclic) bond motifs is 1. The predicted molar refractivity (Wildman–Crippen MR) is 142 cm³/mol. The minimum absolute atomic E-state index is 0.103. The van der Waals surface area contributed by atoms with E-state index in [0.717, 1.165) is 48.8 Å². The third kappa shape index (κ3) is 6.74. The van der Waals surface area contributed by atoms with Crippen LogP contribution in [0.4, 0.5) is 0 Å². The fraction of sp³-hybridized carbons (Fsp3) is 0.385. The lowest BCUT2D eigenvalue weighted by molar-refractivity contribution is 0.355. The van der Waals surface area contributed by atoms with Gasteiger partial charge in [0.2, 0.25) is 0 Å². The molecular formula is C26H37N7O. The summed E-state index contributed by atoms with van der Waals surface area (Å²) < 4.78 is 1.70. The Bertz CT molecular complexity index is 1110. The number of nitrogens with one attached hydrogen (secondary N) is 1. The van der Waals surface area contributed by atoms with Crippen LogP contribution in [0.2, 0.25) is 0 Å². The number of benzene rings is 1. The molecule has 182 valence electrons. The highest BCUT2D eigenvalue weighted by Gasteiger charge is 2.13. The van der Waals surface area contributed by atoms with Crippen molar-refractivity contribution in [3.8, 4) is 16.9 Å². The van der Waals surface area contributed by atoms with Crippen LogP contribution in [0.3, 0.4) is 0 Å². The highest BCUT2D eigenvalue weighted by atomic mass is 16.3. The molecule has 4 rings (SSSR count). The number of piperazine rings is 1. The Kier molecular flexibility index (Phi) is 10.9. The average molecular weight is 464 g/mol. The topological polar surface area (TPSA) is 90.4 Å². The number of hydrogen-bond acceptors (Lipinski definition) is 6. The largest absolute Gasteiger partial charge is 0.507 e. The molecule has 1 aromatic carbocycles. The maximum Gasteiger partial charge on any atom is 0.162 e. The number of phenols is 1. The normalized spacial score (nSPS) is 14.1. The molecule has 2 aromatic heterocycles. The summed E-state index contributed by atoms with van der Waals surface area (Å²) in [6.07, 6.45) is 8.14. The molecule has 0 atom stereocenters. The van der Waals surface area contributed by atoms with Gasteiger partial charge in [0.05, 0.1) is 11.9 Å². The third-order valence-corrected chi connectivity index (χ3v) is 4.93. The summed E-state index contributed by atoms with van der Waals surface area (Å²) in [5, 5.41) is 26.9. The van der Waals surface area contributed by atoms with Crippen LogP contribution >= 0.6 is 0 Å². The van der Waals surface area contributed by atoms with Crippen molar-refractivity contribution in [2.24, 2.45) is 10.2 Å². The molecule has 3 heterocycles. The van der Waals surface area contributed by atoms with Crippen LogP contribution < -0.4 is 5.32 Å². The molecule has 0 amide bonds. The van der Waals surface area contributed by atoms with E-state index in [9.17, 15) is 5.11 Å². The summed E-state index contributed by atoms with van der Waals surface area (Å²) in [6, 6.07) is 7.23. The number of aromatic hydroxyl groups is 1. The first-order chi connectivity index (χ1) is 16.6. The number of aromatic nitrogens is 3. The number of hydrogen-bond donors (Lipinski definition) is 2. The zero-order valence-corrected chi connectivity index (χ0v) is 21.0. The van der Waals surface area contributed by atoms with Crippen molar-refractivity contribution in [3.05, 3.63) is 61.1 Å². The van der Waals surface area contributed by atoms with Crippen LogP contribution in [0, 0.1) is 0 Å². The third-order valence-electron chi connectivity index (χ3n) is 4.93. The second kappa shape index (κ2) is 13.9. The molecule has 1 aliphatic rings. The Morgan fingerprint density at radius 3 is 2.56 bits per heavy atom. The molecule has 0 spiro atoms. The second-order valence-corrected chi connectivity index (χ2v) is 7.46. The first-order valence-corrected chi connectivity index (χ1v) is 11.9. The maximum atomic E-state index is 10.6. The van der Waals surface area contributed by atoms with Crippen LogP contribution in [-0.4, -0.2) is 62.3 Å². The summed E-state index contributed by atoms with van der Waals surface area (Å²) in [7, 11) is 0. The molecule has 1 fully saturated rings. The van der Waals surface area contributed by atoms with Crippen molar-refractivity contribution < 1.29 is 5.11 Å².